The fourth-order valence-corrected chi connectivity index (χ4v) is 4.74. The SMILES string of the molecule is C1CC2OCCN(CC3CC34CCNCC4)C2C1. The van der Waals surface area contributed by atoms with E-state index in [1.165, 1.54) is 64.7 Å². The van der Waals surface area contributed by atoms with Crippen molar-refractivity contribution < 1.29 is 4.74 Å². The quantitative estimate of drug-likeness (QED) is 0.806. The van der Waals surface area contributed by atoms with Crippen LogP contribution in [0.3, 0.4) is 0 Å². The summed E-state index contributed by atoms with van der Waals surface area (Å²) in [6.07, 6.45) is 9.00. The average molecular weight is 250 g/mol. The molecular formula is C15H26N2O. The molecule has 2 heterocycles. The highest BCUT2D eigenvalue weighted by molar-refractivity contribution is 5.06. The molecule has 0 amide bonds. The fourth-order valence-electron chi connectivity index (χ4n) is 4.74. The van der Waals surface area contributed by atoms with Crippen LogP contribution in [0.15, 0.2) is 0 Å². The van der Waals surface area contributed by atoms with Gasteiger partial charge >= 0.3 is 0 Å². The maximum absolute atomic E-state index is 5.92. The van der Waals surface area contributed by atoms with Crippen LogP contribution in [-0.4, -0.2) is 49.8 Å². The lowest BCUT2D eigenvalue weighted by atomic mass is 9.91. The van der Waals surface area contributed by atoms with Gasteiger partial charge in [-0.15, -0.1) is 0 Å². The normalized spacial score (nSPS) is 43.0. The summed E-state index contributed by atoms with van der Waals surface area (Å²) in [5.41, 5.74) is 0.748. The first kappa shape index (κ1) is 11.7. The summed E-state index contributed by atoms with van der Waals surface area (Å²) in [6.45, 7) is 6.04. The molecule has 2 saturated carbocycles. The Bertz CT molecular complexity index is 314. The van der Waals surface area contributed by atoms with Gasteiger partial charge in [0.05, 0.1) is 12.7 Å². The summed E-state index contributed by atoms with van der Waals surface area (Å²) >= 11 is 0. The molecule has 0 aromatic carbocycles. The zero-order valence-corrected chi connectivity index (χ0v) is 11.4. The monoisotopic (exact) mass is 250 g/mol. The number of piperidine rings is 1. The van der Waals surface area contributed by atoms with Gasteiger partial charge in [-0.2, -0.15) is 0 Å². The van der Waals surface area contributed by atoms with Gasteiger partial charge in [-0.25, -0.2) is 0 Å². The van der Waals surface area contributed by atoms with Gasteiger partial charge in [0, 0.05) is 19.1 Å². The first-order chi connectivity index (χ1) is 8.87. The number of nitrogens with one attached hydrogen (secondary N) is 1. The molecule has 102 valence electrons. The van der Waals surface area contributed by atoms with Gasteiger partial charge in [-0.1, -0.05) is 0 Å². The Morgan fingerprint density at radius 3 is 3.00 bits per heavy atom. The summed E-state index contributed by atoms with van der Waals surface area (Å²) in [6, 6.07) is 0.762. The topological polar surface area (TPSA) is 24.5 Å². The lowest BCUT2D eigenvalue weighted by Gasteiger charge is -2.38. The highest BCUT2D eigenvalue weighted by Crippen LogP contribution is 2.59. The van der Waals surface area contributed by atoms with Crippen LogP contribution in [0.2, 0.25) is 0 Å². The summed E-state index contributed by atoms with van der Waals surface area (Å²) in [7, 11) is 0. The third-order valence-corrected chi connectivity index (χ3v) is 6.01. The van der Waals surface area contributed by atoms with Gasteiger partial charge in [0.15, 0.2) is 0 Å². The number of hydrogen-bond acceptors (Lipinski definition) is 3. The van der Waals surface area contributed by atoms with Crippen LogP contribution in [0.25, 0.3) is 0 Å². The molecule has 3 unspecified atom stereocenters. The van der Waals surface area contributed by atoms with Crippen molar-refractivity contribution in [1.82, 2.24) is 10.2 Å². The molecule has 1 spiro atoms. The first-order valence-corrected chi connectivity index (χ1v) is 7.94. The molecule has 2 aliphatic heterocycles. The zero-order valence-electron chi connectivity index (χ0n) is 11.4. The third-order valence-electron chi connectivity index (χ3n) is 6.01. The molecule has 3 atom stereocenters. The van der Waals surface area contributed by atoms with E-state index in [-0.39, 0.29) is 0 Å². The van der Waals surface area contributed by atoms with Crippen molar-refractivity contribution in [1.29, 1.82) is 0 Å². The number of morpholine rings is 1. The lowest BCUT2D eigenvalue weighted by molar-refractivity contribution is -0.0582. The Hall–Kier alpha value is -0.120. The Labute approximate surface area is 110 Å². The van der Waals surface area contributed by atoms with E-state index in [0.717, 1.165) is 24.0 Å². The average Bonchev–Trinajstić information content (AvgIpc) is 2.87. The summed E-state index contributed by atoms with van der Waals surface area (Å²) in [5.74, 6) is 0.999. The minimum Gasteiger partial charge on any atom is -0.375 e. The van der Waals surface area contributed by atoms with E-state index in [2.05, 4.69) is 10.2 Å². The van der Waals surface area contributed by atoms with Crippen LogP contribution < -0.4 is 5.32 Å². The van der Waals surface area contributed by atoms with Crippen molar-refractivity contribution in [2.75, 3.05) is 32.8 Å². The number of nitrogens with zero attached hydrogens (tertiary/aromatic N) is 1. The summed E-state index contributed by atoms with van der Waals surface area (Å²) in [5, 5.41) is 3.51. The minimum absolute atomic E-state index is 0.571. The Kier molecular flexibility index (Phi) is 2.90. The maximum Gasteiger partial charge on any atom is 0.0730 e. The van der Waals surface area contributed by atoms with Crippen molar-refractivity contribution in [2.45, 2.75) is 50.7 Å². The Morgan fingerprint density at radius 2 is 2.11 bits per heavy atom. The van der Waals surface area contributed by atoms with E-state index in [4.69, 9.17) is 4.74 Å². The second-order valence-electron chi connectivity index (χ2n) is 6.92. The number of ether oxygens (including phenoxy) is 1. The zero-order chi connectivity index (χ0) is 12.0. The van der Waals surface area contributed by atoms with Crippen LogP contribution in [0.1, 0.15) is 38.5 Å². The number of rotatable bonds is 2. The second-order valence-corrected chi connectivity index (χ2v) is 6.92. The maximum atomic E-state index is 5.92. The van der Waals surface area contributed by atoms with Crippen LogP contribution in [0, 0.1) is 11.3 Å². The molecule has 3 nitrogen and oxygen atoms in total. The van der Waals surface area contributed by atoms with Gasteiger partial charge < -0.3 is 10.1 Å². The molecule has 4 rings (SSSR count). The molecule has 0 aromatic rings. The van der Waals surface area contributed by atoms with E-state index in [0.29, 0.717) is 6.10 Å². The smallest absolute Gasteiger partial charge is 0.0730 e. The van der Waals surface area contributed by atoms with Crippen LogP contribution in [0.4, 0.5) is 0 Å². The van der Waals surface area contributed by atoms with Crippen molar-refractivity contribution in [3.8, 4) is 0 Å². The molecule has 1 N–H and O–H groups in total. The van der Waals surface area contributed by atoms with Crippen molar-refractivity contribution in [2.24, 2.45) is 11.3 Å². The molecule has 2 aliphatic carbocycles. The van der Waals surface area contributed by atoms with Crippen LogP contribution in [-0.2, 0) is 4.74 Å². The van der Waals surface area contributed by atoms with E-state index in [9.17, 15) is 0 Å². The van der Waals surface area contributed by atoms with E-state index in [1.807, 2.05) is 0 Å². The fraction of sp³-hybridized carbons (Fsp3) is 1.00. The predicted octanol–water partition coefficient (Wildman–Crippen LogP) is 1.63. The van der Waals surface area contributed by atoms with E-state index >= 15 is 0 Å². The molecule has 4 fully saturated rings. The predicted molar refractivity (Wildman–Crippen MR) is 71.6 cm³/mol. The third kappa shape index (κ3) is 1.91. The molecular weight excluding hydrogens is 224 g/mol. The number of fused-ring (bicyclic) bond motifs is 1. The highest BCUT2D eigenvalue weighted by Gasteiger charge is 2.54. The Morgan fingerprint density at radius 1 is 1.22 bits per heavy atom. The highest BCUT2D eigenvalue weighted by atomic mass is 16.5. The van der Waals surface area contributed by atoms with Crippen molar-refractivity contribution >= 4 is 0 Å². The molecule has 0 bridgehead atoms. The minimum atomic E-state index is 0.571. The van der Waals surface area contributed by atoms with Gasteiger partial charge in [-0.3, -0.25) is 4.90 Å². The Balaban J connectivity index is 1.37. The van der Waals surface area contributed by atoms with Gasteiger partial charge in [-0.05, 0) is 62.9 Å². The van der Waals surface area contributed by atoms with E-state index in [1.54, 1.807) is 0 Å². The van der Waals surface area contributed by atoms with E-state index < -0.39 is 0 Å². The molecule has 4 aliphatic rings. The summed E-state index contributed by atoms with van der Waals surface area (Å²) < 4.78 is 5.92. The van der Waals surface area contributed by atoms with Crippen molar-refractivity contribution in [3.63, 3.8) is 0 Å². The van der Waals surface area contributed by atoms with Crippen LogP contribution >= 0.6 is 0 Å². The van der Waals surface area contributed by atoms with Gasteiger partial charge in [0.1, 0.15) is 0 Å². The second kappa shape index (κ2) is 4.46. The largest absolute Gasteiger partial charge is 0.375 e. The molecule has 3 heteroatoms. The van der Waals surface area contributed by atoms with Crippen LogP contribution in [0.5, 0.6) is 0 Å². The molecule has 18 heavy (non-hydrogen) atoms. The lowest BCUT2D eigenvalue weighted by Crippen LogP contribution is -2.49. The first-order valence-electron chi connectivity index (χ1n) is 7.94. The molecule has 0 radical (unpaired) electrons. The molecule has 2 saturated heterocycles. The number of hydrogen-bond donors (Lipinski definition) is 1. The molecule has 0 aromatic heterocycles. The summed E-state index contributed by atoms with van der Waals surface area (Å²) in [4.78, 5) is 2.78. The van der Waals surface area contributed by atoms with Gasteiger partial charge in [0.25, 0.3) is 0 Å². The standard InChI is InChI=1S/C15H26N2O/c1-2-13-14(3-1)18-9-8-17(13)11-12-10-15(12)4-6-16-7-5-15/h12-14,16H,1-11H2. The van der Waals surface area contributed by atoms with Crippen molar-refractivity contribution in [3.05, 3.63) is 0 Å². The van der Waals surface area contributed by atoms with Gasteiger partial charge in [0.2, 0.25) is 0 Å².